The third-order valence-corrected chi connectivity index (χ3v) is 4.18. The highest BCUT2D eigenvalue weighted by molar-refractivity contribution is 8.03. The Hall–Kier alpha value is -0.180. The molecular formula is C6H14O6S2. The second kappa shape index (κ2) is 5.64. The van der Waals surface area contributed by atoms with Crippen LogP contribution in [-0.4, -0.2) is 33.1 Å². The SMILES string of the molecule is CCCCCOS(=O)(=O)CS(=O)(=O)O. The standard InChI is InChI=1S/C6H14O6S2/c1-2-3-4-5-12-14(10,11)6-13(7,8)9/h2-6H2,1H3,(H,7,8,9). The normalized spacial score (nSPS) is 13.0. The molecule has 14 heavy (non-hydrogen) atoms. The highest BCUT2D eigenvalue weighted by atomic mass is 32.3. The van der Waals surface area contributed by atoms with Crippen molar-refractivity contribution >= 4 is 20.2 Å². The van der Waals surface area contributed by atoms with Gasteiger partial charge >= 0.3 is 0 Å². The van der Waals surface area contributed by atoms with Gasteiger partial charge in [0.25, 0.3) is 20.2 Å². The van der Waals surface area contributed by atoms with Gasteiger partial charge in [-0.25, -0.2) is 0 Å². The summed E-state index contributed by atoms with van der Waals surface area (Å²) in [6.07, 6.45) is 2.25. The quantitative estimate of drug-likeness (QED) is 0.396. The van der Waals surface area contributed by atoms with Crippen molar-refractivity contribution in [1.29, 1.82) is 0 Å². The van der Waals surface area contributed by atoms with Gasteiger partial charge < -0.3 is 0 Å². The Kier molecular flexibility index (Phi) is 5.57. The largest absolute Gasteiger partial charge is 0.285 e. The van der Waals surface area contributed by atoms with Crippen molar-refractivity contribution in [3.8, 4) is 0 Å². The molecule has 0 spiro atoms. The van der Waals surface area contributed by atoms with Gasteiger partial charge in [0.05, 0.1) is 6.61 Å². The van der Waals surface area contributed by atoms with E-state index in [9.17, 15) is 16.8 Å². The molecule has 1 N–H and O–H groups in total. The summed E-state index contributed by atoms with van der Waals surface area (Å²) in [6.45, 7) is 1.89. The molecule has 0 saturated heterocycles. The van der Waals surface area contributed by atoms with Crippen LogP contribution in [0.15, 0.2) is 0 Å². The van der Waals surface area contributed by atoms with Crippen LogP contribution in [0.5, 0.6) is 0 Å². The van der Waals surface area contributed by atoms with Gasteiger partial charge in [-0.3, -0.25) is 8.74 Å². The van der Waals surface area contributed by atoms with E-state index in [-0.39, 0.29) is 6.61 Å². The zero-order valence-electron chi connectivity index (χ0n) is 7.84. The predicted molar refractivity (Wildman–Crippen MR) is 50.8 cm³/mol. The summed E-state index contributed by atoms with van der Waals surface area (Å²) in [5, 5.41) is -1.38. The van der Waals surface area contributed by atoms with Crippen LogP contribution in [0.4, 0.5) is 0 Å². The first kappa shape index (κ1) is 13.8. The van der Waals surface area contributed by atoms with Crippen molar-refractivity contribution in [2.45, 2.75) is 26.2 Å². The number of hydrogen-bond donors (Lipinski definition) is 1. The summed E-state index contributed by atoms with van der Waals surface area (Å²) < 4.78 is 54.8. The minimum absolute atomic E-state index is 0.0499. The topological polar surface area (TPSA) is 97.7 Å². The molecular weight excluding hydrogens is 232 g/mol. The number of unbranched alkanes of at least 4 members (excludes halogenated alkanes) is 2. The Bertz CT molecular complexity index is 341. The molecule has 0 unspecified atom stereocenters. The van der Waals surface area contributed by atoms with E-state index in [0.29, 0.717) is 6.42 Å². The van der Waals surface area contributed by atoms with Gasteiger partial charge in [-0.2, -0.15) is 16.8 Å². The minimum Gasteiger partial charge on any atom is -0.285 e. The smallest absolute Gasteiger partial charge is 0.284 e. The Morgan fingerprint density at radius 1 is 1.14 bits per heavy atom. The van der Waals surface area contributed by atoms with Crippen LogP contribution in [0, 0.1) is 0 Å². The van der Waals surface area contributed by atoms with Gasteiger partial charge in [0, 0.05) is 0 Å². The molecule has 0 amide bonds. The summed E-state index contributed by atoms with van der Waals surface area (Å²) in [5.41, 5.74) is 0. The van der Waals surface area contributed by atoms with E-state index in [4.69, 9.17) is 4.55 Å². The molecule has 0 bridgehead atoms. The lowest BCUT2D eigenvalue weighted by atomic mass is 10.3. The maximum absolute atomic E-state index is 10.8. The average molecular weight is 246 g/mol. The van der Waals surface area contributed by atoms with Crippen LogP contribution in [0.25, 0.3) is 0 Å². The number of hydrogen-bond acceptors (Lipinski definition) is 5. The molecule has 86 valence electrons. The maximum Gasteiger partial charge on any atom is 0.284 e. The minimum atomic E-state index is -4.54. The first-order valence-corrected chi connectivity index (χ1v) is 7.28. The van der Waals surface area contributed by atoms with E-state index in [2.05, 4.69) is 4.18 Å². The molecule has 0 saturated carbocycles. The van der Waals surface area contributed by atoms with Crippen molar-refractivity contribution in [2.75, 3.05) is 11.7 Å². The van der Waals surface area contributed by atoms with Crippen LogP contribution in [0.2, 0.25) is 0 Å². The van der Waals surface area contributed by atoms with E-state index >= 15 is 0 Å². The Balaban J connectivity index is 3.98. The summed E-state index contributed by atoms with van der Waals surface area (Å²) in [4.78, 5) is 0. The fourth-order valence-corrected chi connectivity index (χ4v) is 2.86. The molecule has 0 heterocycles. The van der Waals surface area contributed by atoms with E-state index in [1.807, 2.05) is 6.92 Å². The predicted octanol–water partition coefficient (Wildman–Crippen LogP) is 0.368. The fourth-order valence-electron chi connectivity index (χ4n) is 0.754. The Labute approximate surface area is 84.1 Å². The number of rotatable bonds is 7. The van der Waals surface area contributed by atoms with Crippen LogP contribution < -0.4 is 0 Å². The van der Waals surface area contributed by atoms with E-state index in [1.165, 1.54) is 0 Å². The van der Waals surface area contributed by atoms with Gasteiger partial charge in [0.15, 0.2) is 0 Å². The first-order valence-electron chi connectivity index (χ1n) is 4.09. The lowest BCUT2D eigenvalue weighted by molar-refractivity contribution is 0.310. The van der Waals surface area contributed by atoms with Crippen molar-refractivity contribution in [3.05, 3.63) is 0 Å². The van der Waals surface area contributed by atoms with Crippen molar-refractivity contribution in [3.63, 3.8) is 0 Å². The maximum atomic E-state index is 10.8. The Morgan fingerprint density at radius 2 is 1.71 bits per heavy atom. The third kappa shape index (κ3) is 8.42. The summed E-state index contributed by atoms with van der Waals surface area (Å²) in [6, 6.07) is 0. The molecule has 0 aromatic heterocycles. The van der Waals surface area contributed by atoms with Crippen molar-refractivity contribution in [1.82, 2.24) is 0 Å². The van der Waals surface area contributed by atoms with Gasteiger partial charge in [0.2, 0.25) is 5.08 Å². The van der Waals surface area contributed by atoms with Crippen molar-refractivity contribution in [2.24, 2.45) is 0 Å². The van der Waals surface area contributed by atoms with Crippen LogP contribution >= 0.6 is 0 Å². The molecule has 0 aliphatic rings. The summed E-state index contributed by atoms with van der Waals surface area (Å²) >= 11 is 0. The molecule has 0 fully saturated rings. The van der Waals surface area contributed by atoms with Gasteiger partial charge in [-0.1, -0.05) is 19.8 Å². The molecule has 0 aromatic rings. The first-order chi connectivity index (χ1) is 6.27. The Morgan fingerprint density at radius 3 is 2.14 bits per heavy atom. The third-order valence-electron chi connectivity index (χ3n) is 1.30. The van der Waals surface area contributed by atoms with Gasteiger partial charge in [0.1, 0.15) is 0 Å². The van der Waals surface area contributed by atoms with Crippen molar-refractivity contribution < 1.29 is 25.6 Å². The summed E-state index contributed by atoms with van der Waals surface area (Å²) in [5.74, 6) is 0. The highest BCUT2D eigenvalue weighted by Gasteiger charge is 2.20. The fraction of sp³-hybridized carbons (Fsp3) is 1.00. The van der Waals surface area contributed by atoms with E-state index in [0.717, 1.165) is 12.8 Å². The molecule has 0 radical (unpaired) electrons. The van der Waals surface area contributed by atoms with Gasteiger partial charge in [-0.05, 0) is 6.42 Å². The zero-order valence-corrected chi connectivity index (χ0v) is 9.47. The van der Waals surface area contributed by atoms with Crippen LogP contribution in [0.1, 0.15) is 26.2 Å². The monoisotopic (exact) mass is 246 g/mol. The van der Waals surface area contributed by atoms with Crippen LogP contribution in [-0.2, 0) is 24.4 Å². The molecule has 8 heteroatoms. The second-order valence-electron chi connectivity index (χ2n) is 2.79. The van der Waals surface area contributed by atoms with Crippen LogP contribution in [0.3, 0.4) is 0 Å². The molecule has 0 rings (SSSR count). The molecule has 0 atom stereocenters. The van der Waals surface area contributed by atoms with E-state index in [1.54, 1.807) is 0 Å². The lowest BCUT2D eigenvalue weighted by Gasteiger charge is -2.02. The summed E-state index contributed by atoms with van der Waals surface area (Å²) in [7, 11) is -8.70. The van der Waals surface area contributed by atoms with E-state index < -0.39 is 25.3 Å². The molecule has 0 aromatic carbocycles. The molecule has 0 aliphatic carbocycles. The average Bonchev–Trinajstić information content (AvgIpc) is 1.93. The van der Waals surface area contributed by atoms with Gasteiger partial charge in [-0.15, -0.1) is 0 Å². The highest BCUT2D eigenvalue weighted by Crippen LogP contribution is 2.01. The molecule has 0 aliphatic heterocycles. The lowest BCUT2D eigenvalue weighted by Crippen LogP contribution is -2.18. The zero-order chi connectivity index (χ0) is 11.2. The molecule has 6 nitrogen and oxygen atoms in total. The second-order valence-corrected chi connectivity index (χ2v) is 6.24.